The Hall–Kier alpha value is -7.23. The Kier molecular flexibility index (Phi) is 29.3. The summed E-state index contributed by atoms with van der Waals surface area (Å²) in [7, 11) is 6.91. The minimum absolute atomic E-state index is 0.0343. The average molecular weight is 1420 g/mol. The Bertz CT molecular complexity index is 3430. The molecule has 10 rings (SSSR count). The third kappa shape index (κ3) is 20.3. The minimum Gasteiger partial charge on any atom is -0.399 e. The molecule has 3 amide bonds. The monoisotopic (exact) mass is 1420 g/mol. The Morgan fingerprint density at radius 1 is 0.606 bits per heavy atom. The van der Waals surface area contributed by atoms with E-state index in [4.69, 9.17) is 57.8 Å². The van der Waals surface area contributed by atoms with Crippen molar-refractivity contribution in [1.82, 2.24) is 60.4 Å². The van der Waals surface area contributed by atoms with Crippen LogP contribution in [-0.2, 0) is 110 Å². The number of hydrogen-bond donors (Lipinski definition) is 10. The average Bonchev–Trinajstić information content (AvgIpc) is 1.81. The third-order valence-electron chi connectivity index (χ3n) is 16.8. The molecule has 39 heteroatoms. The highest BCUT2D eigenvalue weighted by atomic mass is 32.2. The van der Waals surface area contributed by atoms with E-state index in [-0.39, 0.29) is 50.4 Å². The predicted molar refractivity (Wildman–Crippen MR) is 343 cm³/mol. The lowest BCUT2D eigenvalue weighted by Crippen LogP contribution is -2.62. The molecule has 0 spiro atoms. The molecule has 5 aromatic rings. The maximum atomic E-state index is 12.7. The Morgan fingerprint density at radius 3 is 1.58 bits per heavy atom. The minimum atomic E-state index is -2.93. The lowest BCUT2D eigenvalue weighted by Gasteiger charge is -2.40. The highest BCUT2D eigenvalue weighted by Crippen LogP contribution is 2.33. The van der Waals surface area contributed by atoms with E-state index in [1.807, 2.05) is 71.4 Å². The van der Waals surface area contributed by atoms with Gasteiger partial charge in [0.05, 0.1) is 105 Å². The molecule has 38 nitrogen and oxygen atoms in total. The molecule has 5 aliphatic heterocycles. The Morgan fingerprint density at radius 2 is 1.09 bits per heavy atom. The number of amides is 3. The molecule has 4 saturated heterocycles. The maximum Gasteiger partial charge on any atom is 0.252 e. The zero-order valence-electron chi connectivity index (χ0n) is 55.8. The summed E-state index contributed by atoms with van der Waals surface area (Å²) in [6.45, 7) is 4.81. The summed E-state index contributed by atoms with van der Waals surface area (Å²) in [4.78, 5) is 43.9. The number of carbonyl (C=O) groups excluding carboxylic acids is 3. The van der Waals surface area contributed by atoms with Crippen LogP contribution in [0, 0.1) is 0 Å². The topological polar surface area (TPSA) is 481 Å². The van der Waals surface area contributed by atoms with Crippen molar-refractivity contribution in [2.45, 2.75) is 124 Å². The number of aromatic nitrogens is 8. The number of sulfone groups is 1. The Labute approximate surface area is 570 Å². The summed E-state index contributed by atoms with van der Waals surface area (Å²) in [5, 5.41) is 94.8. The number of methoxy groups -OCH3 is 6. The largest absolute Gasteiger partial charge is 0.399 e. The van der Waals surface area contributed by atoms with Crippen LogP contribution < -0.4 is 26.7 Å². The SMILES string of the molecule is CO[C@@H]1OC(C(=O)NCCOCCn2nncc2-c2ccc(N)cc2)[C@@H](OC)[C@H](O)[C@@H]1O.CO[C@@H]1OC(C(=O)NCCOCCn2nncc2CN2CCS(=O)(=O)CC2)[C@@H](OC)[C@H](O)[C@@H]1O.CO[C@@H]1OC(C(=O)NCc2ccc(N3N=NCC3c3cncn3C)cc2)[C@@H](OC)[C@H](O)[C@@H]1O. The van der Waals surface area contributed by atoms with Gasteiger partial charge in [0, 0.05) is 100 Å². The van der Waals surface area contributed by atoms with Gasteiger partial charge in [0.1, 0.15) is 61.0 Å². The predicted octanol–water partition coefficient (Wildman–Crippen LogP) is -4.41. The fraction of sp³-hybridized carbons (Fsp3) is 0.633. The number of nitrogens with two attached hydrogens (primary N) is 1. The number of imidazole rings is 1. The van der Waals surface area contributed by atoms with Crippen LogP contribution >= 0.6 is 0 Å². The van der Waals surface area contributed by atoms with Crippen molar-refractivity contribution in [3.8, 4) is 11.3 Å². The molecule has 4 fully saturated rings. The van der Waals surface area contributed by atoms with Gasteiger partial charge in [-0.15, -0.1) is 10.2 Å². The van der Waals surface area contributed by atoms with Crippen molar-refractivity contribution in [3.63, 3.8) is 0 Å². The van der Waals surface area contributed by atoms with Crippen molar-refractivity contribution >= 4 is 38.9 Å². The van der Waals surface area contributed by atoms with Gasteiger partial charge in [-0.3, -0.25) is 19.3 Å². The van der Waals surface area contributed by atoms with Gasteiger partial charge in [-0.25, -0.2) is 27.8 Å². The van der Waals surface area contributed by atoms with Crippen molar-refractivity contribution in [1.29, 1.82) is 0 Å². The number of aliphatic hydroxyl groups is 6. The van der Waals surface area contributed by atoms with Gasteiger partial charge < -0.3 is 109 Å². The summed E-state index contributed by atoms with van der Waals surface area (Å²) >= 11 is 0. The highest BCUT2D eigenvalue weighted by Gasteiger charge is 2.50. The number of ether oxygens (including phenoxy) is 11. The molecule has 0 aliphatic carbocycles. The summed E-state index contributed by atoms with van der Waals surface area (Å²) in [6.07, 6.45) is -11.1. The lowest BCUT2D eigenvalue weighted by molar-refractivity contribution is -0.287. The number of nitrogen functional groups attached to an aromatic ring is 1. The van der Waals surface area contributed by atoms with E-state index in [9.17, 15) is 53.4 Å². The first-order valence-electron chi connectivity index (χ1n) is 31.6. The summed E-state index contributed by atoms with van der Waals surface area (Å²) in [5.74, 6) is -1.19. The summed E-state index contributed by atoms with van der Waals surface area (Å²) in [5.41, 5.74) is 11.8. The quantitative estimate of drug-likeness (QED) is 0.0167. The van der Waals surface area contributed by atoms with Crippen LogP contribution in [0.15, 0.2) is 83.8 Å². The number of aryl methyl sites for hydroxylation is 1. The number of anilines is 2. The molecule has 0 saturated carbocycles. The van der Waals surface area contributed by atoms with Gasteiger partial charge in [-0.2, -0.15) is 5.11 Å². The van der Waals surface area contributed by atoms with E-state index in [1.54, 1.807) is 28.1 Å². The molecule has 99 heavy (non-hydrogen) atoms. The van der Waals surface area contributed by atoms with E-state index in [1.165, 1.54) is 42.7 Å². The number of carbonyl (C=O) groups is 3. The van der Waals surface area contributed by atoms with Gasteiger partial charge in [-0.1, -0.05) is 39.9 Å². The Balaban J connectivity index is 0.000000189. The smallest absolute Gasteiger partial charge is 0.252 e. The number of aliphatic hydroxyl groups excluding tert-OH is 6. The van der Waals surface area contributed by atoms with Crippen molar-refractivity contribution in [3.05, 3.63) is 90.4 Å². The van der Waals surface area contributed by atoms with Gasteiger partial charge in [0.25, 0.3) is 17.7 Å². The second-order valence-corrected chi connectivity index (χ2v) is 25.6. The summed E-state index contributed by atoms with van der Waals surface area (Å²) in [6, 6.07) is 15.0. The number of rotatable bonds is 28. The number of hydrogen-bond acceptors (Lipinski definition) is 32. The lowest BCUT2D eigenvalue weighted by atomic mass is 9.98. The van der Waals surface area contributed by atoms with Crippen molar-refractivity contribution < 1.29 is 106 Å². The number of nitrogens with one attached hydrogen (secondary N) is 3. The third-order valence-corrected chi connectivity index (χ3v) is 18.4. The van der Waals surface area contributed by atoms with Crippen LogP contribution in [0.2, 0.25) is 0 Å². The van der Waals surface area contributed by atoms with Gasteiger partial charge in [0.2, 0.25) is 0 Å². The van der Waals surface area contributed by atoms with E-state index >= 15 is 0 Å². The van der Waals surface area contributed by atoms with Gasteiger partial charge in [0.15, 0.2) is 47.0 Å². The fourth-order valence-corrected chi connectivity index (χ4v) is 12.5. The van der Waals surface area contributed by atoms with Gasteiger partial charge >= 0.3 is 0 Å². The molecule has 4 unspecified atom stereocenters. The van der Waals surface area contributed by atoms with Gasteiger partial charge in [-0.05, 0) is 29.8 Å². The van der Waals surface area contributed by atoms with Crippen LogP contribution in [0.25, 0.3) is 11.3 Å². The van der Waals surface area contributed by atoms with E-state index in [2.05, 4.69) is 56.8 Å². The standard InChI is InChI=1S/C21H28N6O6.C20H29N5O7.C19H33N5O9S/c1-26-11-22-9-14(26)15-10-24-25-27(15)13-6-4-12(5-7-13)8-23-20(30)19-18(31-2)16(28)17(29)21(32-3)33-19;1-29-17-15(26)16(27)20(30-2)32-18(17)19(28)22-7-9-31-10-8-25-14(11-23-24-25)12-3-5-13(21)6-4-12;1-30-16-14(25)15(26)19(31-2)33-17(16)18(27)20-3-7-32-8-4-24-13(11-21-22-24)12-23-5-9-34(28,29)10-6-23/h4-7,9,11,15-19,21,28-29H,8,10H2,1-3H3,(H,23,30);3-6,11,15-18,20,26-27H,7-10,21H2,1-2H3,(H,22,28);11,14-17,19,25-26H,3-10,12H2,1-2H3,(H,20,27)/t15?,16-,17+,18+,19?,21-;15-,16+,17+,18?,20-;14-,15+,16+,17?,19-/m111/s1. The first-order valence-corrected chi connectivity index (χ1v) is 33.4. The van der Waals surface area contributed by atoms with Crippen molar-refractivity contribution in [2.24, 2.45) is 17.4 Å². The van der Waals surface area contributed by atoms with Crippen LogP contribution in [-0.4, -0.2) is 307 Å². The highest BCUT2D eigenvalue weighted by molar-refractivity contribution is 7.91. The maximum absolute atomic E-state index is 12.7. The number of nitrogens with zero attached hydrogens (tertiary/aromatic N) is 12. The molecule has 0 radical (unpaired) electrons. The molecule has 2 aromatic carbocycles. The molecule has 8 heterocycles. The second kappa shape index (κ2) is 37.4. The molecule has 3 aromatic heterocycles. The number of benzene rings is 2. The second-order valence-electron chi connectivity index (χ2n) is 23.3. The molecule has 0 bridgehead atoms. The molecule has 11 N–H and O–H groups in total. The zero-order chi connectivity index (χ0) is 71.3. The normalized spacial score (nSPS) is 28.3. The first-order chi connectivity index (χ1) is 47.6. The van der Waals surface area contributed by atoms with E-state index in [0.717, 1.165) is 33.9 Å². The molecule has 16 atom stereocenters. The molecular formula is C60H90N16O22S. The van der Waals surface area contributed by atoms with E-state index in [0.29, 0.717) is 58.2 Å². The van der Waals surface area contributed by atoms with Crippen LogP contribution in [0.5, 0.6) is 0 Å². The zero-order valence-corrected chi connectivity index (χ0v) is 56.7. The first kappa shape index (κ1) is 77.5. The van der Waals surface area contributed by atoms with Crippen molar-refractivity contribution in [2.75, 3.05) is 124 Å². The van der Waals surface area contributed by atoms with Crippen LogP contribution in [0.4, 0.5) is 11.4 Å². The molecular weight excluding hydrogens is 1330 g/mol. The summed E-state index contributed by atoms with van der Waals surface area (Å²) < 4.78 is 86.5. The molecule has 548 valence electrons. The fourth-order valence-electron chi connectivity index (χ4n) is 11.3. The van der Waals surface area contributed by atoms with E-state index < -0.39 is 120 Å². The van der Waals surface area contributed by atoms with Crippen LogP contribution in [0.3, 0.4) is 0 Å². The van der Waals surface area contributed by atoms with Crippen LogP contribution in [0.1, 0.15) is 23.0 Å². The molecule has 5 aliphatic rings.